The monoisotopic (exact) mass is 749 g/mol. The number of nitrogens with zero attached hydrogens (tertiary/aromatic N) is 2. The Bertz CT molecular complexity index is 1770. The molecule has 294 valence electrons. The van der Waals surface area contributed by atoms with Gasteiger partial charge in [-0.1, -0.05) is 57.7 Å². The molecule has 0 spiro atoms. The fraction of sp³-hybridized carbons (Fsp3) is 0.634. The maximum Gasteiger partial charge on any atom is 0.408 e. The molecule has 0 saturated carbocycles. The molecule has 12 atom stereocenters. The number of nitrogens with one attached hydrogen (secondary N) is 1. The van der Waals surface area contributed by atoms with Crippen molar-refractivity contribution in [2.45, 2.75) is 128 Å². The van der Waals surface area contributed by atoms with Gasteiger partial charge in [0.1, 0.15) is 36.8 Å². The minimum Gasteiger partial charge on any atom is -0.458 e. The summed E-state index contributed by atoms with van der Waals surface area (Å²) in [6.07, 6.45) is -3.35. The van der Waals surface area contributed by atoms with E-state index in [2.05, 4.69) is 22.1 Å². The Balaban J connectivity index is 1.54. The van der Waals surface area contributed by atoms with Gasteiger partial charge < -0.3 is 39.0 Å². The predicted molar refractivity (Wildman–Crippen MR) is 199 cm³/mol. The minimum atomic E-state index is -1.39. The van der Waals surface area contributed by atoms with E-state index in [-0.39, 0.29) is 37.4 Å². The number of aromatic nitrogens is 1. The number of rotatable bonds is 6. The second-order valence-corrected chi connectivity index (χ2v) is 15.8. The van der Waals surface area contributed by atoms with Gasteiger partial charge in [-0.2, -0.15) is 0 Å². The summed E-state index contributed by atoms with van der Waals surface area (Å²) in [6.45, 7) is 12.1. The third kappa shape index (κ3) is 8.79. The van der Waals surface area contributed by atoms with Gasteiger partial charge in [-0.25, -0.2) is 4.79 Å². The van der Waals surface area contributed by atoms with Crippen LogP contribution in [0.15, 0.2) is 36.5 Å². The third-order valence-corrected chi connectivity index (χ3v) is 11.4. The van der Waals surface area contributed by atoms with Crippen LogP contribution < -0.4 is 5.32 Å². The molecule has 1 aromatic heterocycles. The molecule has 0 aliphatic carbocycles. The molecule has 1 aromatic carbocycles. The lowest BCUT2D eigenvalue weighted by atomic mass is 9.74. The summed E-state index contributed by atoms with van der Waals surface area (Å²) in [5.74, 6) is 2.21. The first kappa shape index (κ1) is 41.2. The van der Waals surface area contributed by atoms with Crippen molar-refractivity contribution in [3.05, 3.63) is 42.1 Å². The standard InChI is InChI=1S/C41H55N3O10/c1-10-32-41(7)36(43-39(49)54-41)26(5)34(47)23(2)21-40(6,50-17-13-14-27-19-28-15-11-12-16-29(28)42-22-27)37(25(4)31(45)20-33(46)52-32)53-38-35(48)30(44(8)9)18-24(3)51-38/h11-12,15-16,19,22-26,30,32,35-38,48H,10,17-18,20-21H2,1-9H3,(H,43,49)/t23-,24-,25+,26+,30+,32-,35-,36-,37-,38+,40+,41-/m1/s1. The highest BCUT2D eigenvalue weighted by atomic mass is 16.7. The van der Waals surface area contributed by atoms with Crippen LogP contribution in [0.3, 0.4) is 0 Å². The van der Waals surface area contributed by atoms with Crippen LogP contribution in [0.2, 0.25) is 0 Å². The smallest absolute Gasteiger partial charge is 0.408 e. The summed E-state index contributed by atoms with van der Waals surface area (Å²) in [6, 6.07) is 8.50. The van der Waals surface area contributed by atoms with Gasteiger partial charge in [0.2, 0.25) is 0 Å². The van der Waals surface area contributed by atoms with Gasteiger partial charge in [0.05, 0.1) is 29.4 Å². The molecular formula is C41H55N3O10. The molecule has 5 rings (SSSR count). The first-order chi connectivity index (χ1) is 25.5. The Morgan fingerprint density at radius 3 is 2.50 bits per heavy atom. The Labute approximate surface area is 317 Å². The van der Waals surface area contributed by atoms with Gasteiger partial charge in [0.25, 0.3) is 0 Å². The average Bonchev–Trinajstić information content (AvgIpc) is 3.44. The number of hydrogen-bond acceptors (Lipinski definition) is 12. The van der Waals surface area contributed by atoms with E-state index < -0.39 is 83.9 Å². The van der Waals surface area contributed by atoms with Gasteiger partial charge in [-0.3, -0.25) is 19.4 Å². The van der Waals surface area contributed by atoms with Crippen molar-refractivity contribution in [2.24, 2.45) is 17.8 Å². The number of aliphatic hydroxyl groups excluding tert-OH is 1. The number of pyridine rings is 1. The number of benzene rings is 1. The van der Waals surface area contributed by atoms with Gasteiger partial charge in [0.15, 0.2) is 11.9 Å². The van der Waals surface area contributed by atoms with E-state index in [4.69, 9.17) is 23.7 Å². The molecule has 2 aromatic rings. The van der Waals surface area contributed by atoms with Crippen molar-refractivity contribution in [1.29, 1.82) is 0 Å². The molecule has 3 aliphatic rings. The predicted octanol–water partition coefficient (Wildman–Crippen LogP) is 4.20. The van der Waals surface area contributed by atoms with Crippen molar-refractivity contribution >= 4 is 34.5 Å². The summed E-state index contributed by atoms with van der Waals surface area (Å²) < 4.78 is 31.0. The lowest BCUT2D eigenvalue weighted by Gasteiger charge is -2.47. The van der Waals surface area contributed by atoms with E-state index in [0.29, 0.717) is 12.0 Å². The van der Waals surface area contributed by atoms with Crippen molar-refractivity contribution in [3.63, 3.8) is 0 Å². The molecule has 3 aliphatic heterocycles. The van der Waals surface area contributed by atoms with Crippen molar-refractivity contribution in [2.75, 3.05) is 20.7 Å². The Morgan fingerprint density at radius 2 is 1.80 bits per heavy atom. The zero-order chi connectivity index (χ0) is 39.5. The number of aliphatic hydroxyl groups is 1. The van der Waals surface area contributed by atoms with Gasteiger partial charge in [0, 0.05) is 40.9 Å². The molecule has 0 radical (unpaired) electrons. The number of fused-ring (bicyclic) bond motifs is 2. The third-order valence-electron chi connectivity index (χ3n) is 11.4. The van der Waals surface area contributed by atoms with Crippen LogP contribution >= 0.6 is 0 Å². The van der Waals surface area contributed by atoms with E-state index >= 15 is 0 Å². The summed E-state index contributed by atoms with van der Waals surface area (Å²) in [5, 5.41) is 15.2. The zero-order valence-electron chi connectivity index (χ0n) is 32.8. The average molecular weight is 750 g/mol. The number of likely N-dealkylation sites (N-methyl/N-ethyl adjacent to an activating group) is 1. The highest BCUT2D eigenvalue weighted by Crippen LogP contribution is 2.40. The van der Waals surface area contributed by atoms with Gasteiger partial charge >= 0.3 is 12.1 Å². The summed E-state index contributed by atoms with van der Waals surface area (Å²) in [7, 11) is 3.72. The van der Waals surface area contributed by atoms with Crippen LogP contribution in [0.1, 0.15) is 79.7 Å². The second-order valence-electron chi connectivity index (χ2n) is 15.8. The fourth-order valence-electron chi connectivity index (χ4n) is 8.38. The number of amides is 1. The van der Waals surface area contributed by atoms with Crippen LogP contribution in [-0.4, -0.2) is 113 Å². The van der Waals surface area contributed by atoms with E-state index in [1.165, 1.54) is 0 Å². The van der Waals surface area contributed by atoms with E-state index in [1.807, 2.05) is 56.3 Å². The molecule has 13 nitrogen and oxygen atoms in total. The first-order valence-corrected chi connectivity index (χ1v) is 18.9. The number of ether oxygens (including phenoxy) is 5. The number of Topliss-reactive ketones (excluding diaryl/α,β-unsaturated/α-hetero) is 2. The van der Waals surface area contributed by atoms with Crippen molar-refractivity contribution < 1.29 is 48.0 Å². The van der Waals surface area contributed by atoms with Crippen molar-refractivity contribution in [1.82, 2.24) is 15.2 Å². The first-order valence-electron chi connectivity index (χ1n) is 18.9. The van der Waals surface area contributed by atoms with Crippen LogP contribution in [0, 0.1) is 29.6 Å². The SMILES string of the molecule is CC[C@H]1OC(=O)CC(=O)[C@H](C)[C@@H](O[C@@H]2O[C@H](C)C[C@H](N(C)C)[C@H]2O)[C@@](C)(OCC#Cc2cnc3ccccc3c2)C[C@@H](C)C(=O)[C@H](C)[C@H]2NC(=O)O[C@@]21C. The Morgan fingerprint density at radius 1 is 1.07 bits per heavy atom. The molecule has 0 bridgehead atoms. The summed E-state index contributed by atoms with van der Waals surface area (Å²) in [5.41, 5.74) is -1.25. The Hall–Kier alpha value is -3.93. The number of hydrogen-bond donors (Lipinski definition) is 2. The number of carbonyl (C=O) groups excluding carboxylic acids is 4. The number of alkyl carbamates (subject to hydrolysis) is 1. The van der Waals surface area contributed by atoms with Crippen LogP contribution in [0.25, 0.3) is 10.9 Å². The lowest BCUT2D eigenvalue weighted by molar-refractivity contribution is -0.296. The molecule has 13 heteroatoms. The Kier molecular flexibility index (Phi) is 12.9. The van der Waals surface area contributed by atoms with Crippen LogP contribution in [0.4, 0.5) is 4.79 Å². The van der Waals surface area contributed by atoms with E-state index in [0.717, 1.165) is 10.9 Å². The quantitative estimate of drug-likeness (QED) is 0.246. The number of para-hydroxylation sites is 1. The summed E-state index contributed by atoms with van der Waals surface area (Å²) >= 11 is 0. The lowest BCUT2D eigenvalue weighted by Crippen LogP contribution is -2.59. The maximum absolute atomic E-state index is 14.3. The number of cyclic esters (lactones) is 1. The van der Waals surface area contributed by atoms with E-state index in [9.17, 15) is 24.3 Å². The van der Waals surface area contributed by atoms with Crippen molar-refractivity contribution in [3.8, 4) is 11.8 Å². The van der Waals surface area contributed by atoms with E-state index in [1.54, 1.807) is 47.7 Å². The molecule has 2 N–H and O–H groups in total. The zero-order valence-corrected chi connectivity index (χ0v) is 32.8. The summed E-state index contributed by atoms with van der Waals surface area (Å²) in [4.78, 5) is 60.9. The molecule has 3 fully saturated rings. The maximum atomic E-state index is 14.3. The molecular weight excluding hydrogens is 694 g/mol. The number of esters is 1. The molecule has 3 saturated heterocycles. The largest absolute Gasteiger partial charge is 0.458 e. The second kappa shape index (κ2) is 16.8. The molecule has 54 heavy (non-hydrogen) atoms. The fourth-order valence-corrected chi connectivity index (χ4v) is 8.38. The molecule has 1 amide bonds. The number of ketones is 2. The van der Waals surface area contributed by atoms with Gasteiger partial charge in [-0.15, -0.1) is 0 Å². The van der Waals surface area contributed by atoms with Crippen LogP contribution in [-0.2, 0) is 38.1 Å². The van der Waals surface area contributed by atoms with Gasteiger partial charge in [-0.05, 0) is 66.3 Å². The number of carbonyl (C=O) groups is 4. The minimum absolute atomic E-state index is 0.0625. The topological polar surface area (TPSA) is 163 Å². The molecule has 0 unspecified atom stereocenters. The highest BCUT2D eigenvalue weighted by molar-refractivity contribution is 5.97. The normalized spacial score (nSPS) is 36.7. The molecule has 4 heterocycles. The van der Waals surface area contributed by atoms with Crippen LogP contribution in [0.5, 0.6) is 0 Å². The highest BCUT2D eigenvalue weighted by Gasteiger charge is 2.57.